The largest absolute Gasteiger partial charge is 0.349 e. The third-order valence-corrected chi connectivity index (χ3v) is 7.09. The van der Waals surface area contributed by atoms with E-state index in [1.165, 1.54) is 42.1 Å². The van der Waals surface area contributed by atoms with Crippen molar-refractivity contribution in [2.75, 3.05) is 30.6 Å². The third kappa shape index (κ3) is 5.29. The molecule has 0 aromatic heterocycles. The van der Waals surface area contributed by atoms with E-state index in [4.69, 9.17) is 0 Å². The number of hydrogen-bond donors (Lipinski definition) is 2. The molecule has 2 amide bonds. The molecule has 0 spiro atoms. The van der Waals surface area contributed by atoms with Crippen LogP contribution in [0, 0.1) is 0 Å². The van der Waals surface area contributed by atoms with Crippen molar-refractivity contribution in [2.24, 2.45) is 0 Å². The highest BCUT2D eigenvalue weighted by Crippen LogP contribution is 2.28. The molecular weight excluding hydrogens is 434 g/mol. The fourth-order valence-electron chi connectivity index (χ4n) is 3.35. The first kappa shape index (κ1) is 22.9. The molecule has 31 heavy (non-hydrogen) atoms. The second-order valence-corrected chi connectivity index (χ2v) is 9.54. The van der Waals surface area contributed by atoms with Gasteiger partial charge in [-0.1, -0.05) is 18.2 Å². The van der Waals surface area contributed by atoms with E-state index >= 15 is 0 Å². The van der Waals surface area contributed by atoms with E-state index in [1.54, 1.807) is 23.1 Å². The van der Waals surface area contributed by atoms with Crippen molar-refractivity contribution < 1.29 is 18.0 Å². The molecule has 9 heteroatoms. The lowest BCUT2D eigenvalue weighted by Crippen LogP contribution is -2.28. The molecule has 0 saturated carbocycles. The standard InChI is InChI=1S/C22H25N3O4S2/c1-3-12-23-21(26)17-8-4-5-9-19(17)24-31(28,29)16-10-11-20(30-2)18(15-16)22(27)25-13-6-7-14-25/h3-5,8-11,15,24H,1,6-7,12-14H2,2H3,(H,23,26). The fourth-order valence-corrected chi connectivity index (χ4v) is 5.02. The van der Waals surface area contributed by atoms with Crippen molar-refractivity contribution in [3.8, 4) is 0 Å². The zero-order chi connectivity index (χ0) is 22.4. The van der Waals surface area contributed by atoms with Crippen LogP contribution in [0.2, 0.25) is 0 Å². The number of nitrogens with one attached hydrogen (secondary N) is 2. The summed E-state index contributed by atoms with van der Waals surface area (Å²) >= 11 is 1.40. The molecule has 2 aromatic carbocycles. The van der Waals surface area contributed by atoms with Gasteiger partial charge in [-0.05, 0) is 49.4 Å². The Bertz CT molecular complexity index is 1090. The predicted molar refractivity (Wildman–Crippen MR) is 123 cm³/mol. The molecule has 1 aliphatic rings. The van der Waals surface area contributed by atoms with Crippen LogP contribution in [0.25, 0.3) is 0 Å². The van der Waals surface area contributed by atoms with Gasteiger partial charge in [-0.15, -0.1) is 18.3 Å². The van der Waals surface area contributed by atoms with Gasteiger partial charge in [0.2, 0.25) is 0 Å². The topological polar surface area (TPSA) is 95.6 Å². The molecule has 1 fully saturated rings. The van der Waals surface area contributed by atoms with Crippen LogP contribution < -0.4 is 10.0 Å². The minimum absolute atomic E-state index is 0.0332. The Morgan fingerprint density at radius 2 is 1.84 bits per heavy atom. The van der Waals surface area contributed by atoms with E-state index in [1.807, 2.05) is 6.26 Å². The Morgan fingerprint density at radius 3 is 2.52 bits per heavy atom. The number of hydrogen-bond acceptors (Lipinski definition) is 5. The number of nitrogens with zero attached hydrogens (tertiary/aromatic N) is 1. The number of carbonyl (C=O) groups is 2. The SMILES string of the molecule is C=CCNC(=O)c1ccccc1NS(=O)(=O)c1ccc(SC)c(C(=O)N2CCCC2)c1. The molecule has 2 N–H and O–H groups in total. The van der Waals surface area contributed by atoms with Gasteiger partial charge in [-0.3, -0.25) is 14.3 Å². The molecule has 1 saturated heterocycles. The van der Waals surface area contributed by atoms with E-state index in [9.17, 15) is 18.0 Å². The molecule has 3 rings (SSSR count). The lowest BCUT2D eigenvalue weighted by Gasteiger charge is -2.18. The van der Waals surface area contributed by atoms with E-state index in [-0.39, 0.29) is 28.6 Å². The molecule has 0 aliphatic carbocycles. The summed E-state index contributed by atoms with van der Waals surface area (Å²) in [5, 5.41) is 2.64. The van der Waals surface area contributed by atoms with Crippen molar-refractivity contribution in [3.63, 3.8) is 0 Å². The Kier molecular flexibility index (Phi) is 7.40. The van der Waals surface area contributed by atoms with Crippen LogP contribution in [0.4, 0.5) is 5.69 Å². The van der Waals surface area contributed by atoms with E-state index in [0.717, 1.165) is 17.7 Å². The molecule has 2 aromatic rings. The van der Waals surface area contributed by atoms with Crippen LogP contribution in [0.1, 0.15) is 33.6 Å². The lowest BCUT2D eigenvalue weighted by molar-refractivity contribution is 0.0789. The first-order chi connectivity index (χ1) is 14.9. The summed E-state index contributed by atoms with van der Waals surface area (Å²) < 4.78 is 28.7. The van der Waals surface area contributed by atoms with Gasteiger partial charge in [-0.2, -0.15) is 0 Å². The molecular formula is C22H25N3O4S2. The first-order valence-electron chi connectivity index (χ1n) is 9.85. The van der Waals surface area contributed by atoms with Gasteiger partial charge in [0.05, 0.1) is 21.7 Å². The molecule has 0 unspecified atom stereocenters. The van der Waals surface area contributed by atoms with Crippen LogP contribution in [0.15, 0.2) is 64.9 Å². The number of carbonyl (C=O) groups excluding carboxylic acids is 2. The van der Waals surface area contributed by atoms with Crippen LogP contribution in [-0.4, -0.2) is 51.0 Å². The minimum atomic E-state index is -4.02. The molecule has 0 atom stereocenters. The van der Waals surface area contributed by atoms with Gasteiger partial charge in [0.15, 0.2) is 0 Å². The van der Waals surface area contributed by atoms with Crippen LogP contribution in [-0.2, 0) is 10.0 Å². The van der Waals surface area contributed by atoms with Crippen LogP contribution in [0.3, 0.4) is 0 Å². The predicted octanol–water partition coefficient (Wildman–Crippen LogP) is 3.36. The Morgan fingerprint density at radius 1 is 1.13 bits per heavy atom. The van der Waals surface area contributed by atoms with Crippen LogP contribution >= 0.6 is 11.8 Å². The molecule has 0 radical (unpaired) electrons. The first-order valence-corrected chi connectivity index (χ1v) is 12.6. The number of benzene rings is 2. The number of sulfonamides is 1. The number of anilines is 1. The smallest absolute Gasteiger partial charge is 0.261 e. The number of amides is 2. The average Bonchev–Trinajstić information content (AvgIpc) is 3.31. The van der Waals surface area contributed by atoms with Crippen molar-refractivity contribution in [1.29, 1.82) is 0 Å². The van der Waals surface area contributed by atoms with Gasteiger partial charge in [0, 0.05) is 24.5 Å². The summed E-state index contributed by atoms with van der Waals surface area (Å²) in [5.41, 5.74) is 0.724. The summed E-state index contributed by atoms with van der Waals surface area (Å²) in [6.45, 7) is 5.17. The quantitative estimate of drug-likeness (QED) is 0.466. The third-order valence-electron chi connectivity index (χ3n) is 4.93. The summed E-state index contributed by atoms with van der Waals surface area (Å²) in [6.07, 6.45) is 5.28. The molecule has 164 valence electrons. The van der Waals surface area contributed by atoms with Crippen molar-refractivity contribution in [1.82, 2.24) is 10.2 Å². The highest BCUT2D eigenvalue weighted by molar-refractivity contribution is 7.98. The molecule has 1 heterocycles. The highest BCUT2D eigenvalue weighted by atomic mass is 32.2. The van der Waals surface area contributed by atoms with Crippen molar-refractivity contribution in [3.05, 3.63) is 66.2 Å². The fraction of sp³-hybridized carbons (Fsp3) is 0.273. The van der Waals surface area contributed by atoms with Crippen LogP contribution in [0.5, 0.6) is 0 Å². The molecule has 1 aliphatic heterocycles. The number of rotatable bonds is 8. The number of thioether (sulfide) groups is 1. The number of likely N-dealkylation sites (tertiary alicyclic amines) is 1. The Hall–Kier alpha value is -2.78. The molecule has 0 bridgehead atoms. The Labute approximate surface area is 187 Å². The van der Waals surface area contributed by atoms with Gasteiger partial charge in [-0.25, -0.2) is 8.42 Å². The summed E-state index contributed by atoms with van der Waals surface area (Å²) in [6, 6.07) is 10.9. The maximum absolute atomic E-state index is 13.1. The zero-order valence-electron chi connectivity index (χ0n) is 17.3. The average molecular weight is 460 g/mol. The summed E-state index contributed by atoms with van der Waals surface area (Å²) in [5.74, 6) is -0.580. The second kappa shape index (κ2) is 10.0. The van der Waals surface area contributed by atoms with E-state index < -0.39 is 15.9 Å². The number of para-hydroxylation sites is 1. The highest BCUT2D eigenvalue weighted by Gasteiger charge is 2.25. The second-order valence-electron chi connectivity index (χ2n) is 7.01. The van der Waals surface area contributed by atoms with Gasteiger partial charge in [0.25, 0.3) is 21.8 Å². The Balaban J connectivity index is 1.93. The maximum Gasteiger partial charge on any atom is 0.261 e. The lowest BCUT2D eigenvalue weighted by atomic mass is 10.1. The van der Waals surface area contributed by atoms with E-state index in [0.29, 0.717) is 18.7 Å². The maximum atomic E-state index is 13.1. The van der Waals surface area contributed by atoms with Gasteiger partial charge in [0.1, 0.15) is 0 Å². The normalized spacial score (nSPS) is 13.6. The molecule has 7 nitrogen and oxygen atoms in total. The van der Waals surface area contributed by atoms with Gasteiger partial charge >= 0.3 is 0 Å². The zero-order valence-corrected chi connectivity index (χ0v) is 18.9. The minimum Gasteiger partial charge on any atom is -0.349 e. The van der Waals surface area contributed by atoms with E-state index in [2.05, 4.69) is 16.6 Å². The summed E-state index contributed by atoms with van der Waals surface area (Å²) in [4.78, 5) is 27.8. The monoisotopic (exact) mass is 459 g/mol. The summed E-state index contributed by atoms with van der Waals surface area (Å²) in [7, 11) is -4.02. The van der Waals surface area contributed by atoms with Crippen molar-refractivity contribution in [2.45, 2.75) is 22.6 Å². The van der Waals surface area contributed by atoms with Gasteiger partial charge < -0.3 is 10.2 Å². The van der Waals surface area contributed by atoms with Crippen molar-refractivity contribution >= 4 is 39.3 Å².